The van der Waals surface area contributed by atoms with Crippen LogP contribution in [-0.2, 0) is 16.4 Å². The molecule has 1 aliphatic heterocycles. The molecule has 0 bridgehead atoms. The Kier molecular flexibility index (Phi) is 4.57. The van der Waals surface area contributed by atoms with Crippen LogP contribution in [0.3, 0.4) is 0 Å². The normalized spacial score (nSPS) is 21.5. The first kappa shape index (κ1) is 14.5. The second-order valence-corrected chi connectivity index (χ2v) is 6.56. The fraction of sp³-hybridized carbons (Fsp3) is 0.538. The van der Waals surface area contributed by atoms with E-state index in [1.165, 1.54) is 4.31 Å². The van der Waals surface area contributed by atoms with Crippen molar-refractivity contribution in [1.82, 2.24) is 9.62 Å². The number of piperazine rings is 1. The van der Waals surface area contributed by atoms with Crippen LogP contribution >= 0.6 is 0 Å². The maximum Gasteiger partial charge on any atom is 0.243 e. The number of nitrogens with zero attached hydrogens (tertiary/aromatic N) is 1. The first-order valence-corrected chi connectivity index (χ1v) is 7.96. The average molecular weight is 284 g/mol. The number of aryl methyl sites for hydroxylation is 1. The van der Waals surface area contributed by atoms with E-state index >= 15 is 0 Å². The summed E-state index contributed by atoms with van der Waals surface area (Å²) < 4.78 is 26.7. The van der Waals surface area contributed by atoms with Crippen molar-refractivity contribution in [1.29, 1.82) is 0 Å². The van der Waals surface area contributed by atoms with E-state index in [0.29, 0.717) is 31.0 Å². The first-order valence-electron chi connectivity index (χ1n) is 6.52. The summed E-state index contributed by atoms with van der Waals surface area (Å²) in [7, 11) is -3.47. The van der Waals surface area contributed by atoms with Gasteiger partial charge in [0.1, 0.15) is 0 Å². The molecule has 1 aromatic carbocycles. The molecule has 1 saturated heterocycles. The minimum Gasteiger partial charge on any atom is -0.395 e. The molecule has 1 aliphatic rings. The molecule has 19 heavy (non-hydrogen) atoms. The van der Waals surface area contributed by atoms with Gasteiger partial charge < -0.3 is 10.4 Å². The van der Waals surface area contributed by atoms with Gasteiger partial charge >= 0.3 is 0 Å². The predicted octanol–water partition coefficient (Wildman–Crippen LogP) is 0.204. The maximum absolute atomic E-state index is 12.6. The molecule has 0 amide bonds. The molecule has 1 aromatic rings. The Labute approximate surface area is 114 Å². The SMILES string of the molecule is CCc1ccccc1S(=O)(=O)N1CCNC(CO)C1. The fourth-order valence-electron chi connectivity index (χ4n) is 2.32. The van der Waals surface area contributed by atoms with Crippen LogP contribution in [0.1, 0.15) is 12.5 Å². The number of rotatable bonds is 4. The van der Waals surface area contributed by atoms with Crippen molar-refractivity contribution in [3.05, 3.63) is 29.8 Å². The van der Waals surface area contributed by atoms with Crippen LogP contribution in [0.4, 0.5) is 0 Å². The number of sulfonamides is 1. The van der Waals surface area contributed by atoms with E-state index in [2.05, 4.69) is 5.32 Å². The van der Waals surface area contributed by atoms with Gasteiger partial charge in [-0.3, -0.25) is 0 Å². The van der Waals surface area contributed by atoms with Gasteiger partial charge in [0, 0.05) is 25.7 Å². The molecule has 6 heteroatoms. The highest BCUT2D eigenvalue weighted by atomic mass is 32.2. The maximum atomic E-state index is 12.6. The standard InChI is InChI=1S/C13H20N2O3S/c1-2-11-5-3-4-6-13(11)19(17,18)15-8-7-14-12(9-15)10-16/h3-6,12,14,16H,2,7-10H2,1H3. The second-order valence-electron chi connectivity index (χ2n) is 4.66. The van der Waals surface area contributed by atoms with Gasteiger partial charge in [0.05, 0.1) is 11.5 Å². The van der Waals surface area contributed by atoms with Gasteiger partial charge in [-0.15, -0.1) is 0 Å². The molecule has 5 nitrogen and oxygen atoms in total. The number of hydrogen-bond acceptors (Lipinski definition) is 4. The summed E-state index contributed by atoms with van der Waals surface area (Å²) in [6.07, 6.45) is 0.685. The number of nitrogens with one attached hydrogen (secondary N) is 1. The topological polar surface area (TPSA) is 69.6 Å². The predicted molar refractivity (Wildman–Crippen MR) is 73.5 cm³/mol. The molecule has 0 aliphatic carbocycles. The number of hydrogen-bond donors (Lipinski definition) is 2. The molecule has 1 fully saturated rings. The van der Waals surface area contributed by atoms with E-state index in [1.54, 1.807) is 12.1 Å². The molecule has 2 N–H and O–H groups in total. The number of benzene rings is 1. The molecule has 1 heterocycles. The quantitative estimate of drug-likeness (QED) is 0.829. The van der Waals surface area contributed by atoms with Crippen molar-refractivity contribution in [2.45, 2.75) is 24.3 Å². The molecule has 0 aromatic heterocycles. The van der Waals surface area contributed by atoms with Crippen molar-refractivity contribution in [2.24, 2.45) is 0 Å². The third kappa shape index (κ3) is 2.97. The molecular weight excluding hydrogens is 264 g/mol. The molecule has 106 valence electrons. The lowest BCUT2D eigenvalue weighted by molar-refractivity contribution is 0.195. The summed E-state index contributed by atoms with van der Waals surface area (Å²) in [4.78, 5) is 0.385. The molecule has 0 saturated carbocycles. The van der Waals surface area contributed by atoms with E-state index in [0.717, 1.165) is 5.56 Å². The molecule has 1 atom stereocenters. The van der Waals surface area contributed by atoms with Gasteiger partial charge in [-0.1, -0.05) is 25.1 Å². The second kappa shape index (κ2) is 6.00. The Hall–Kier alpha value is -0.950. The molecule has 0 spiro atoms. The minimum absolute atomic E-state index is 0.0541. The molecule has 0 radical (unpaired) electrons. The van der Waals surface area contributed by atoms with Crippen LogP contribution in [-0.4, -0.2) is 50.1 Å². The van der Waals surface area contributed by atoms with Crippen molar-refractivity contribution in [3.63, 3.8) is 0 Å². The molecule has 1 unspecified atom stereocenters. The Balaban J connectivity index is 2.31. The summed E-state index contributed by atoms with van der Waals surface area (Å²) in [6.45, 7) is 3.22. The Morgan fingerprint density at radius 2 is 2.16 bits per heavy atom. The first-order chi connectivity index (χ1) is 9.09. The Morgan fingerprint density at radius 1 is 1.42 bits per heavy atom. The lowest BCUT2D eigenvalue weighted by atomic mass is 10.2. The minimum atomic E-state index is -3.47. The van der Waals surface area contributed by atoms with Crippen molar-refractivity contribution in [3.8, 4) is 0 Å². The summed E-state index contributed by atoms with van der Waals surface area (Å²) in [5.74, 6) is 0. The van der Waals surface area contributed by atoms with Crippen LogP contribution in [0.5, 0.6) is 0 Å². The van der Waals surface area contributed by atoms with Crippen LogP contribution in [0.2, 0.25) is 0 Å². The van der Waals surface area contributed by atoms with Gasteiger partial charge in [-0.2, -0.15) is 4.31 Å². The number of aliphatic hydroxyl groups excluding tert-OH is 1. The van der Waals surface area contributed by atoms with E-state index in [9.17, 15) is 8.42 Å². The van der Waals surface area contributed by atoms with E-state index < -0.39 is 10.0 Å². The third-order valence-corrected chi connectivity index (χ3v) is 5.38. The highest BCUT2D eigenvalue weighted by Gasteiger charge is 2.30. The largest absolute Gasteiger partial charge is 0.395 e. The summed E-state index contributed by atoms with van der Waals surface area (Å²) in [5.41, 5.74) is 0.835. The monoisotopic (exact) mass is 284 g/mol. The highest BCUT2D eigenvalue weighted by molar-refractivity contribution is 7.89. The Morgan fingerprint density at radius 3 is 2.84 bits per heavy atom. The van der Waals surface area contributed by atoms with Gasteiger partial charge in [-0.25, -0.2) is 8.42 Å². The van der Waals surface area contributed by atoms with E-state index in [-0.39, 0.29) is 12.6 Å². The van der Waals surface area contributed by atoms with Crippen LogP contribution in [0.15, 0.2) is 29.2 Å². The highest BCUT2D eigenvalue weighted by Crippen LogP contribution is 2.21. The van der Waals surface area contributed by atoms with Gasteiger partial charge in [0.25, 0.3) is 0 Å². The van der Waals surface area contributed by atoms with Crippen LogP contribution in [0, 0.1) is 0 Å². The van der Waals surface area contributed by atoms with Crippen molar-refractivity contribution >= 4 is 10.0 Å². The third-order valence-electron chi connectivity index (χ3n) is 3.41. The summed E-state index contributed by atoms with van der Waals surface area (Å²) >= 11 is 0. The lowest BCUT2D eigenvalue weighted by Crippen LogP contribution is -2.53. The van der Waals surface area contributed by atoms with Gasteiger partial charge in [0.15, 0.2) is 0 Å². The van der Waals surface area contributed by atoms with Gasteiger partial charge in [0.2, 0.25) is 10.0 Å². The van der Waals surface area contributed by atoms with Crippen LogP contribution in [0.25, 0.3) is 0 Å². The lowest BCUT2D eigenvalue weighted by Gasteiger charge is -2.32. The molecular formula is C13H20N2O3S. The smallest absolute Gasteiger partial charge is 0.243 e. The molecule has 2 rings (SSSR count). The zero-order valence-electron chi connectivity index (χ0n) is 11.0. The summed E-state index contributed by atoms with van der Waals surface area (Å²) in [6, 6.07) is 6.92. The van der Waals surface area contributed by atoms with Crippen LogP contribution < -0.4 is 5.32 Å². The van der Waals surface area contributed by atoms with Crippen molar-refractivity contribution in [2.75, 3.05) is 26.2 Å². The van der Waals surface area contributed by atoms with Gasteiger partial charge in [-0.05, 0) is 18.1 Å². The zero-order chi connectivity index (χ0) is 13.9. The fourth-order valence-corrected chi connectivity index (χ4v) is 4.10. The van der Waals surface area contributed by atoms with Crippen molar-refractivity contribution < 1.29 is 13.5 Å². The number of aliphatic hydroxyl groups is 1. The van der Waals surface area contributed by atoms with E-state index in [1.807, 2.05) is 19.1 Å². The van der Waals surface area contributed by atoms with E-state index in [4.69, 9.17) is 5.11 Å². The average Bonchev–Trinajstić information content (AvgIpc) is 2.47. The zero-order valence-corrected chi connectivity index (χ0v) is 11.9. The summed E-state index contributed by atoms with van der Waals surface area (Å²) in [5, 5.41) is 12.3. The Bertz CT molecular complexity index is 530.